The molecular formula is C14H18N2O3. The van der Waals surface area contributed by atoms with Crippen LogP contribution >= 0.6 is 0 Å². The van der Waals surface area contributed by atoms with Gasteiger partial charge < -0.3 is 4.74 Å². The number of urea groups is 1. The van der Waals surface area contributed by atoms with Crippen LogP contribution in [0.25, 0.3) is 0 Å². The maximum absolute atomic E-state index is 12.2. The zero-order valence-corrected chi connectivity index (χ0v) is 11.4. The summed E-state index contributed by atoms with van der Waals surface area (Å²) < 4.78 is 5.22. The van der Waals surface area contributed by atoms with E-state index in [2.05, 4.69) is 0 Å². The lowest BCUT2D eigenvalue weighted by atomic mass is 10.2. The molecule has 0 aromatic heterocycles. The molecule has 0 bridgehead atoms. The summed E-state index contributed by atoms with van der Waals surface area (Å²) in [5.74, 6) is 0. The number of anilines is 1. The van der Waals surface area contributed by atoms with Crippen LogP contribution in [0, 0.1) is 0 Å². The second-order valence-electron chi connectivity index (χ2n) is 5.40. The Balaban J connectivity index is 2.08. The summed E-state index contributed by atoms with van der Waals surface area (Å²) >= 11 is 0. The molecule has 3 amide bonds. The molecular weight excluding hydrogens is 244 g/mol. The smallest absolute Gasteiger partial charge is 0.418 e. The van der Waals surface area contributed by atoms with Crippen molar-refractivity contribution >= 4 is 17.8 Å². The highest BCUT2D eigenvalue weighted by atomic mass is 16.6. The molecule has 1 aromatic carbocycles. The van der Waals surface area contributed by atoms with Crippen molar-refractivity contribution in [3.8, 4) is 0 Å². The lowest BCUT2D eigenvalue weighted by Crippen LogP contribution is -2.39. The highest BCUT2D eigenvalue weighted by Gasteiger charge is 2.36. The van der Waals surface area contributed by atoms with Crippen molar-refractivity contribution in [3.05, 3.63) is 30.3 Å². The highest BCUT2D eigenvalue weighted by molar-refractivity contribution is 6.02. The van der Waals surface area contributed by atoms with Crippen molar-refractivity contribution < 1.29 is 14.3 Å². The third-order valence-electron chi connectivity index (χ3n) is 2.69. The minimum Gasteiger partial charge on any atom is -0.443 e. The molecule has 1 aromatic rings. The van der Waals surface area contributed by atoms with Gasteiger partial charge in [-0.3, -0.25) is 4.90 Å². The van der Waals surface area contributed by atoms with Crippen LogP contribution in [0.4, 0.5) is 15.3 Å². The normalized spacial score (nSPS) is 15.8. The van der Waals surface area contributed by atoms with Gasteiger partial charge in [-0.25, -0.2) is 14.5 Å². The second-order valence-corrected chi connectivity index (χ2v) is 5.40. The molecule has 1 aliphatic heterocycles. The monoisotopic (exact) mass is 262 g/mol. The molecule has 2 rings (SSSR count). The fourth-order valence-corrected chi connectivity index (χ4v) is 1.87. The van der Waals surface area contributed by atoms with E-state index < -0.39 is 11.7 Å². The van der Waals surface area contributed by atoms with Crippen LogP contribution < -0.4 is 4.90 Å². The first-order chi connectivity index (χ1) is 8.88. The predicted octanol–water partition coefficient (Wildman–Crippen LogP) is 2.86. The molecule has 0 aliphatic carbocycles. The van der Waals surface area contributed by atoms with Gasteiger partial charge in [-0.05, 0) is 32.9 Å². The fraction of sp³-hybridized carbons (Fsp3) is 0.429. The Bertz CT molecular complexity index is 479. The summed E-state index contributed by atoms with van der Waals surface area (Å²) in [5, 5.41) is 0. The standard InChI is InChI=1S/C14H18N2O3/c1-14(2,3)19-13(18)16-10-9-15(12(16)17)11-7-5-4-6-8-11/h4-8H,9-10H2,1-3H3. The van der Waals surface area contributed by atoms with Crippen molar-refractivity contribution in [1.29, 1.82) is 0 Å². The number of hydrogen-bond donors (Lipinski definition) is 0. The van der Waals surface area contributed by atoms with Crippen LogP contribution in [-0.4, -0.2) is 35.7 Å². The van der Waals surface area contributed by atoms with E-state index in [9.17, 15) is 9.59 Å². The van der Waals surface area contributed by atoms with Crippen LogP contribution in [-0.2, 0) is 4.74 Å². The quantitative estimate of drug-likeness (QED) is 0.782. The Morgan fingerprint density at radius 2 is 1.79 bits per heavy atom. The first-order valence-corrected chi connectivity index (χ1v) is 6.25. The van der Waals surface area contributed by atoms with Gasteiger partial charge in [0.2, 0.25) is 0 Å². The number of carbonyl (C=O) groups is 2. The zero-order valence-electron chi connectivity index (χ0n) is 11.4. The highest BCUT2D eigenvalue weighted by Crippen LogP contribution is 2.21. The molecule has 0 unspecified atom stereocenters. The predicted molar refractivity (Wildman–Crippen MR) is 72.1 cm³/mol. The summed E-state index contributed by atoms with van der Waals surface area (Å²) in [6.07, 6.45) is -0.587. The minimum atomic E-state index is -0.600. The summed E-state index contributed by atoms with van der Waals surface area (Å²) in [7, 11) is 0. The summed E-state index contributed by atoms with van der Waals surface area (Å²) in [6, 6.07) is 8.96. The van der Waals surface area contributed by atoms with E-state index in [0.717, 1.165) is 10.6 Å². The average Bonchev–Trinajstić information content (AvgIpc) is 2.70. The number of nitrogens with zero attached hydrogens (tertiary/aromatic N) is 2. The van der Waals surface area contributed by atoms with Gasteiger partial charge in [-0.15, -0.1) is 0 Å². The van der Waals surface area contributed by atoms with Crippen LogP contribution in [0.3, 0.4) is 0 Å². The number of ether oxygens (including phenoxy) is 1. The van der Waals surface area contributed by atoms with Crippen molar-refractivity contribution in [3.63, 3.8) is 0 Å². The maximum atomic E-state index is 12.2. The molecule has 19 heavy (non-hydrogen) atoms. The molecule has 0 radical (unpaired) electrons. The van der Waals surface area contributed by atoms with E-state index in [0.29, 0.717) is 13.1 Å². The number of amides is 3. The summed E-state index contributed by atoms with van der Waals surface area (Å²) in [4.78, 5) is 26.8. The van der Waals surface area contributed by atoms with E-state index >= 15 is 0 Å². The molecule has 0 atom stereocenters. The lowest BCUT2D eigenvalue weighted by Gasteiger charge is -2.23. The molecule has 1 heterocycles. The third-order valence-corrected chi connectivity index (χ3v) is 2.69. The van der Waals surface area contributed by atoms with E-state index in [4.69, 9.17) is 4.74 Å². The van der Waals surface area contributed by atoms with Gasteiger partial charge in [0, 0.05) is 12.2 Å². The fourth-order valence-electron chi connectivity index (χ4n) is 1.87. The Hall–Kier alpha value is -2.04. The minimum absolute atomic E-state index is 0.333. The molecule has 1 fully saturated rings. The molecule has 102 valence electrons. The number of hydrogen-bond acceptors (Lipinski definition) is 3. The second kappa shape index (κ2) is 4.91. The average molecular weight is 262 g/mol. The Labute approximate surface area is 112 Å². The number of imide groups is 1. The van der Waals surface area contributed by atoms with Crippen molar-refractivity contribution in [1.82, 2.24) is 4.90 Å². The van der Waals surface area contributed by atoms with E-state index in [1.165, 1.54) is 0 Å². The molecule has 1 saturated heterocycles. The lowest BCUT2D eigenvalue weighted by molar-refractivity contribution is 0.0354. The van der Waals surface area contributed by atoms with E-state index in [1.807, 2.05) is 30.3 Å². The number of benzene rings is 1. The molecule has 5 heteroatoms. The SMILES string of the molecule is CC(C)(C)OC(=O)N1CCN(c2ccccc2)C1=O. The Kier molecular flexibility index (Phi) is 3.46. The molecule has 0 N–H and O–H groups in total. The van der Waals surface area contributed by atoms with Crippen LogP contribution in [0.15, 0.2) is 30.3 Å². The largest absolute Gasteiger partial charge is 0.443 e. The van der Waals surface area contributed by atoms with Crippen LogP contribution in [0.5, 0.6) is 0 Å². The summed E-state index contributed by atoms with van der Waals surface area (Å²) in [6.45, 7) is 6.17. The van der Waals surface area contributed by atoms with Crippen LogP contribution in [0.1, 0.15) is 20.8 Å². The van der Waals surface area contributed by atoms with Crippen molar-refractivity contribution in [2.75, 3.05) is 18.0 Å². The topological polar surface area (TPSA) is 49.9 Å². The van der Waals surface area contributed by atoms with Crippen molar-refractivity contribution in [2.24, 2.45) is 0 Å². The molecule has 1 aliphatic rings. The van der Waals surface area contributed by atoms with Gasteiger partial charge in [0.15, 0.2) is 0 Å². The van der Waals surface area contributed by atoms with Gasteiger partial charge in [-0.2, -0.15) is 0 Å². The Morgan fingerprint density at radius 1 is 1.16 bits per heavy atom. The zero-order chi connectivity index (χ0) is 14.0. The number of carbonyl (C=O) groups excluding carboxylic acids is 2. The number of rotatable bonds is 1. The first-order valence-electron chi connectivity index (χ1n) is 6.25. The van der Waals surface area contributed by atoms with E-state index in [1.54, 1.807) is 25.7 Å². The summed E-state index contributed by atoms with van der Waals surface area (Å²) in [5.41, 5.74) is 0.191. The molecule has 0 saturated carbocycles. The Morgan fingerprint density at radius 3 is 2.37 bits per heavy atom. The number of para-hydroxylation sites is 1. The van der Waals surface area contributed by atoms with E-state index in [-0.39, 0.29) is 6.03 Å². The van der Waals surface area contributed by atoms with Crippen LogP contribution in [0.2, 0.25) is 0 Å². The van der Waals surface area contributed by atoms with Gasteiger partial charge in [0.25, 0.3) is 0 Å². The first kappa shape index (κ1) is 13.4. The maximum Gasteiger partial charge on any atom is 0.418 e. The third kappa shape index (κ3) is 3.05. The van der Waals surface area contributed by atoms with Gasteiger partial charge in [0.1, 0.15) is 5.60 Å². The van der Waals surface area contributed by atoms with Gasteiger partial charge in [0.05, 0.1) is 6.54 Å². The molecule has 5 nitrogen and oxygen atoms in total. The van der Waals surface area contributed by atoms with Crippen molar-refractivity contribution in [2.45, 2.75) is 26.4 Å². The molecule has 0 spiro atoms. The van der Waals surface area contributed by atoms with Gasteiger partial charge in [-0.1, -0.05) is 18.2 Å². The van der Waals surface area contributed by atoms with Gasteiger partial charge >= 0.3 is 12.1 Å².